The number of carbonyl (C=O) groups excluding carboxylic acids is 1. The number of hydrogen-bond donors (Lipinski definition) is 2. The summed E-state index contributed by atoms with van der Waals surface area (Å²) in [4.78, 5) is 13.3. The molecule has 1 aromatic carbocycles. The molecular formula is C15H16ClN5O2. The molecule has 1 amide bonds. The summed E-state index contributed by atoms with van der Waals surface area (Å²) in [7, 11) is 0. The molecule has 0 aliphatic heterocycles. The molecule has 2 N–H and O–H groups in total. The van der Waals surface area contributed by atoms with E-state index in [4.69, 9.17) is 16.7 Å². The minimum absolute atomic E-state index is 0.00524. The van der Waals surface area contributed by atoms with E-state index in [0.29, 0.717) is 17.3 Å². The van der Waals surface area contributed by atoms with Gasteiger partial charge in [-0.2, -0.15) is 4.80 Å². The number of nitrogens with one attached hydrogen (secondary N) is 1. The summed E-state index contributed by atoms with van der Waals surface area (Å²) >= 11 is 5.84. The Morgan fingerprint density at radius 3 is 2.83 bits per heavy atom. The van der Waals surface area contributed by atoms with Gasteiger partial charge in [-0.05, 0) is 35.9 Å². The fraction of sp³-hybridized carbons (Fsp3) is 0.333. The van der Waals surface area contributed by atoms with Crippen molar-refractivity contribution in [1.82, 2.24) is 25.5 Å². The first-order valence-corrected chi connectivity index (χ1v) is 7.64. The molecule has 0 spiro atoms. The topological polar surface area (TPSA) is 92.9 Å². The minimum atomic E-state index is -0.196. The number of tetrazole rings is 1. The molecule has 7 nitrogen and oxygen atoms in total. The van der Waals surface area contributed by atoms with Gasteiger partial charge < -0.3 is 10.4 Å². The Morgan fingerprint density at radius 1 is 1.35 bits per heavy atom. The monoisotopic (exact) mass is 333 g/mol. The van der Waals surface area contributed by atoms with Crippen molar-refractivity contribution in [2.24, 2.45) is 5.92 Å². The Balaban J connectivity index is 1.57. The predicted molar refractivity (Wildman–Crippen MR) is 84.5 cm³/mol. The number of amides is 1. The number of nitrogens with zero attached hydrogens (tertiary/aromatic N) is 4. The van der Waals surface area contributed by atoms with E-state index < -0.39 is 0 Å². The second kappa shape index (κ2) is 6.89. The van der Waals surface area contributed by atoms with Gasteiger partial charge in [0.15, 0.2) is 0 Å². The summed E-state index contributed by atoms with van der Waals surface area (Å²) in [6, 6.07) is 7.02. The second-order valence-corrected chi connectivity index (χ2v) is 5.82. The van der Waals surface area contributed by atoms with Gasteiger partial charge in [0, 0.05) is 29.2 Å². The van der Waals surface area contributed by atoms with Gasteiger partial charge >= 0.3 is 0 Å². The van der Waals surface area contributed by atoms with Crippen LogP contribution in [0.15, 0.2) is 36.4 Å². The van der Waals surface area contributed by atoms with E-state index in [9.17, 15) is 4.79 Å². The molecule has 8 heteroatoms. The Hall–Kier alpha value is -2.25. The highest BCUT2D eigenvalue weighted by Crippen LogP contribution is 2.18. The molecule has 2 aromatic rings. The van der Waals surface area contributed by atoms with Crippen molar-refractivity contribution >= 4 is 17.5 Å². The Bertz CT molecular complexity index is 713. The lowest BCUT2D eigenvalue weighted by atomic mass is 10.1. The molecule has 0 saturated carbocycles. The van der Waals surface area contributed by atoms with Crippen LogP contribution in [0.2, 0.25) is 5.02 Å². The first-order valence-electron chi connectivity index (χ1n) is 7.26. The van der Waals surface area contributed by atoms with Crippen molar-refractivity contribution in [3.05, 3.63) is 41.4 Å². The lowest BCUT2D eigenvalue weighted by molar-refractivity contribution is -0.122. The quantitative estimate of drug-likeness (QED) is 0.798. The van der Waals surface area contributed by atoms with Crippen LogP contribution in [-0.2, 0) is 11.3 Å². The SMILES string of the molecule is O=C(Cn1nnc(-c2ccc(Cl)cc2)n1)N[C@@H]1C=C[C@H](CO)C1. The van der Waals surface area contributed by atoms with Crippen molar-refractivity contribution in [2.45, 2.75) is 19.0 Å². The maximum atomic E-state index is 12.0. The van der Waals surface area contributed by atoms with Gasteiger partial charge in [0.25, 0.3) is 0 Å². The molecule has 120 valence electrons. The first kappa shape index (κ1) is 15.6. The van der Waals surface area contributed by atoms with Gasteiger partial charge in [-0.3, -0.25) is 4.79 Å². The van der Waals surface area contributed by atoms with Gasteiger partial charge in [-0.15, -0.1) is 10.2 Å². The zero-order valence-corrected chi connectivity index (χ0v) is 13.0. The zero-order chi connectivity index (χ0) is 16.2. The Labute approximate surface area is 138 Å². The van der Waals surface area contributed by atoms with Crippen LogP contribution in [0, 0.1) is 5.92 Å². The largest absolute Gasteiger partial charge is 0.396 e. The van der Waals surface area contributed by atoms with Crippen LogP contribution in [0.1, 0.15) is 6.42 Å². The van der Waals surface area contributed by atoms with Crippen LogP contribution < -0.4 is 5.32 Å². The highest BCUT2D eigenvalue weighted by Gasteiger charge is 2.20. The van der Waals surface area contributed by atoms with Crippen LogP contribution in [0.3, 0.4) is 0 Å². The van der Waals surface area contributed by atoms with Gasteiger partial charge in [-0.1, -0.05) is 23.8 Å². The highest BCUT2D eigenvalue weighted by atomic mass is 35.5. The van der Waals surface area contributed by atoms with Gasteiger partial charge in [0.2, 0.25) is 11.7 Å². The summed E-state index contributed by atoms with van der Waals surface area (Å²) < 4.78 is 0. The summed E-state index contributed by atoms with van der Waals surface area (Å²) in [5.41, 5.74) is 0.783. The van der Waals surface area contributed by atoms with Crippen molar-refractivity contribution in [1.29, 1.82) is 0 Å². The normalized spacial score (nSPS) is 19.9. The lowest BCUT2D eigenvalue weighted by Crippen LogP contribution is -2.35. The van der Waals surface area contributed by atoms with Gasteiger partial charge in [-0.25, -0.2) is 0 Å². The van der Waals surface area contributed by atoms with Gasteiger partial charge in [0.1, 0.15) is 6.54 Å². The van der Waals surface area contributed by atoms with Gasteiger partial charge in [0.05, 0.1) is 0 Å². The average molecular weight is 334 g/mol. The summed E-state index contributed by atoms with van der Waals surface area (Å²) in [5.74, 6) is 0.357. The molecule has 1 aliphatic rings. The van der Waals surface area contributed by atoms with Crippen LogP contribution in [-0.4, -0.2) is 43.9 Å². The zero-order valence-electron chi connectivity index (χ0n) is 12.3. The molecule has 0 bridgehead atoms. The van der Waals surface area contributed by atoms with Crippen molar-refractivity contribution < 1.29 is 9.90 Å². The molecule has 23 heavy (non-hydrogen) atoms. The first-order chi connectivity index (χ1) is 11.1. The maximum absolute atomic E-state index is 12.0. The lowest BCUT2D eigenvalue weighted by Gasteiger charge is -2.12. The number of hydrogen-bond acceptors (Lipinski definition) is 5. The van der Waals surface area contributed by atoms with Crippen molar-refractivity contribution in [3.8, 4) is 11.4 Å². The molecule has 0 unspecified atom stereocenters. The number of aromatic nitrogens is 4. The molecule has 1 heterocycles. The molecule has 1 aliphatic carbocycles. The third-order valence-corrected chi connectivity index (χ3v) is 3.85. The smallest absolute Gasteiger partial charge is 0.244 e. The van der Waals surface area contributed by atoms with Crippen LogP contribution in [0.5, 0.6) is 0 Å². The Morgan fingerprint density at radius 2 is 2.13 bits per heavy atom. The fourth-order valence-corrected chi connectivity index (χ4v) is 2.55. The molecule has 0 radical (unpaired) electrons. The van der Waals surface area contributed by atoms with Crippen LogP contribution >= 0.6 is 11.6 Å². The van der Waals surface area contributed by atoms with Crippen LogP contribution in [0.4, 0.5) is 0 Å². The summed E-state index contributed by atoms with van der Waals surface area (Å²) in [5, 5.41) is 24.6. The molecule has 0 fully saturated rings. The minimum Gasteiger partial charge on any atom is -0.396 e. The van der Waals surface area contributed by atoms with E-state index in [1.807, 2.05) is 12.2 Å². The van der Waals surface area contributed by atoms with Crippen molar-refractivity contribution in [2.75, 3.05) is 6.61 Å². The van der Waals surface area contributed by atoms with Crippen molar-refractivity contribution in [3.63, 3.8) is 0 Å². The number of carbonyl (C=O) groups is 1. The highest BCUT2D eigenvalue weighted by molar-refractivity contribution is 6.30. The second-order valence-electron chi connectivity index (χ2n) is 5.39. The Kier molecular flexibility index (Phi) is 4.68. The van der Waals surface area contributed by atoms with E-state index in [1.165, 1.54) is 4.80 Å². The maximum Gasteiger partial charge on any atom is 0.244 e. The fourth-order valence-electron chi connectivity index (χ4n) is 2.42. The van der Waals surface area contributed by atoms with E-state index in [2.05, 4.69) is 20.7 Å². The third-order valence-electron chi connectivity index (χ3n) is 3.59. The number of halogens is 1. The number of aliphatic hydroxyl groups excluding tert-OH is 1. The number of rotatable bonds is 5. The number of aliphatic hydroxyl groups is 1. The summed E-state index contributed by atoms with van der Waals surface area (Å²) in [6.07, 6.45) is 4.52. The standard InChI is InChI=1S/C15H16ClN5O2/c16-12-4-2-11(3-5-12)15-18-20-21(19-15)8-14(23)17-13-6-1-10(7-13)9-22/h1-6,10,13,22H,7-9H2,(H,17,23)/t10-,13+/m0/s1. The number of benzene rings is 1. The van der Waals surface area contributed by atoms with Crippen LogP contribution in [0.25, 0.3) is 11.4 Å². The molecule has 3 rings (SSSR count). The molecule has 1 aromatic heterocycles. The van der Waals surface area contributed by atoms with E-state index in [-0.39, 0.29) is 31.0 Å². The third kappa shape index (κ3) is 3.94. The predicted octanol–water partition coefficient (Wildman–Crippen LogP) is 1.05. The molecular weight excluding hydrogens is 318 g/mol. The van der Waals surface area contributed by atoms with E-state index in [1.54, 1.807) is 24.3 Å². The summed E-state index contributed by atoms with van der Waals surface area (Å²) in [6.45, 7) is 0.0900. The molecule has 0 saturated heterocycles. The molecule has 2 atom stereocenters. The average Bonchev–Trinajstić information content (AvgIpc) is 3.17. The van der Waals surface area contributed by atoms with E-state index in [0.717, 1.165) is 5.56 Å². The van der Waals surface area contributed by atoms with E-state index >= 15 is 0 Å².